The van der Waals surface area contributed by atoms with Gasteiger partial charge in [-0.1, -0.05) is 16.8 Å². The molecule has 0 aliphatic rings. The number of aryl methyl sites for hydroxylation is 1. The highest BCUT2D eigenvalue weighted by atomic mass is 35.5. The Morgan fingerprint density at radius 2 is 2.05 bits per heavy atom. The van der Waals surface area contributed by atoms with Crippen molar-refractivity contribution in [1.82, 2.24) is 5.16 Å². The van der Waals surface area contributed by atoms with Crippen LogP contribution in [0, 0.1) is 6.92 Å². The lowest BCUT2D eigenvalue weighted by Crippen LogP contribution is -2.08. The van der Waals surface area contributed by atoms with Gasteiger partial charge in [0.05, 0.1) is 18.6 Å². The van der Waals surface area contributed by atoms with Gasteiger partial charge in [-0.05, 0) is 25.1 Å². The van der Waals surface area contributed by atoms with Crippen LogP contribution in [0.3, 0.4) is 0 Å². The Morgan fingerprint density at radius 3 is 2.65 bits per heavy atom. The topological polar surface area (TPSA) is 69.4 Å². The molecule has 0 unspecified atom stereocenters. The van der Waals surface area contributed by atoms with Crippen LogP contribution in [-0.4, -0.2) is 20.7 Å². The van der Waals surface area contributed by atoms with Gasteiger partial charge in [0.1, 0.15) is 11.5 Å². The summed E-state index contributed by atoms with van der Waals surface area (Å²) in [4.78, 5) is 0. The van der Waals surface area contributed by atoms with Gasteiger partial charge in [0.2, 0.25) is 0 Å². The Kier molecular flexibility index (Phi) is 4.35. The highest BCUT2D eigenvalue weighted by Crippen LogP contribution is 2.25. The van der Waals surface area contributed by atoms with Crippen LogP contribution >= 0.6 is 11.6 Å². The fourth-order valence-electron chi connectivity index (χ4n) is 1.85. The summed E-state index contributed by atoms with van der Waals surface area (Å²) in [6, 6.07) is 6.48. The first-order valence-electron chi connectivity index (χ1n) is 5.84. The highest BCUT2D eigenvalue weighted by Gasteiger charge is 2.18. The van der Waals surface area contributed by atoms with E-state index in [4.69, 9.17) is 20.9 Å². The van der Waals surface area contributed by atoms with Gasteiger partial charge in [-0.3, -0.25) is 0 Å². The molecule has 0 bridgehead atoms. The fourth-order valence-corrected chi connectivity index (χ4v) is 3.41. The quantitative estimate of drug-likeness (QED) is 0.848. The summed E-state index contributed by atoms with van der Waals surface area (Å²) in [5.74, 6) is 0.440. The number of aromatic nitrogens is 1. The third-order valence-corrected chi connectivity index (χ3v) is 4.37. The van der Waals surface area contributed by atoms with E-state index in [2.05, 4.69) is 5.16 Å². The second-order valence-electron chi connectivity index (χ2n) is 4.42. The summed E-state index contributed by atoms with van der Waals surface area (Å²) < 4.78 is 34.4. The number of halogens is 1. The van der Waals surface area contributed by atoms with Gasteiger partial charge in [-0.2, -0.15) is 0 Å². The standard InChI is InChI=1S/C13H14ClNO4S/c1-9-5-12(19-15-9)8-20(16,17)7-10-6-11(14)3-4-13(10)18-2/h3-6H,7-8H2,1-2H3. The van der Waals surface area contributed by atoms with Gasteiger partial charge >= 0.3 is 0 Å². The molecule has 2 aromatic rings. The van der Waals surface area contributed by atoms with E-state index in [1.165, 1.54) is 7.11 Å². The first kappa shape index (κ1) is 14.9. The Bertz CT molecular complexity index is 709. The summed E-state index contributed by atoms with van der Waals surface area (Å²) in [6.07, 6.45) is 0. The van der Waals surface area contributed by atoms with Crippen molar-refractivity contribution in [1.29, 1.82) is 0 Å². The maximum absolute atomic E-state index is 12.2. The summed E-state index contributed by atoms with van der Waals surface area (Å²) in [7, 11) is -1.91. The third kappa shape index (κ3) is 3.74. The van der Waals surface area contributed by atoms with E-state index in [1.54, 1.807) is 31.2 Å². The van der Waals surface area contributed by atoms with E-state index in [9.17, 15) is 8.42 Å². The summed E-state index contributed by atoms with van der Waals surface area (Å²) in [6.45, 7) is 1.74. The third-order valence-electron chi connectivity index (χ3n) is 2.66. The predicted molar refractivity (Wildman–Crippen MR) is 75.6 cm³/mol. The normalized spacial score (nSPS) is 11.6. The Labute approximate surface area is 122 Å². The lowest BCUT2D eigenvalue weighted by Gasteiger charge is -2.09. The summed E-state index contributed by atoms with van der Waals surface area (Å²) in [5, 5.41) is 4.13. The van der Waals surface area contributed by atoms with Crippen molar-refractivity contribution in [2.45, 2.75) is 18.4 Å². The minimum Gasteiger partial charge on any atom is -0.496 e. The van der Waals surface area contributed by atoms with Crippen molar-refractivity contribution in [3.8, 4) is 5.75 Å². The number of hydrogen-bond donors (Lipinski definition) is 0. The number of hydrogen-bond acceptors (Lipinski definition) is 5. The minimum absolute atomic E-state index is 0.170. The lowest BCUT2D eigenvalue weighted by atomic mass is 10.2. The monoisotopic (exact) mass is 315 g/mol. The van der Waals surface area contributed by atoms with Crippen LogP contribution in [0.15, 0.2) is 28.8 Å². The summed E-state index contributed by atoms with van der Waals surface area (Å²) >= 11 is 5.89. The predicted octanol–water partition coefficient (Wildman–Crippen LogP) is 2.76. The van der Waals surface area contributed by atoms with Crippen LogP contribution in [0.2, 0.25) is 5.02 Å². The Morgan fingerprint density at radius 1 is 1.30 bits per heavy atom. The van der Waals surface area contributed by atoms with E-state index in [0.717, 1.165) is 0 Å². The van der Waals surface area contributed by atoms with Crippen molar-refractivity contribution in [3.05, 3.63) is 46.3 Å². The second-order valence-corrected chi connectivity index (χ2v) is 6.92. The molecular formula is C13H14ClNO4S. The Hall–Kier alpha value is -1.53. The number of methoxy groups -OCH3 is 1. The first-order chi connectivity index (χ1) is 9.39. The highest BCUT2D eigenvalue weighted by molar-refractivity contribution is 7.89. The molecule has 0 fully saturated rings. The van der Waals surface area contributed by atoms with Gasteiger partial charge in [0, 0.05) is 16.7 Å². The van der Waals surface area contributed by atoms with Crippen LogP contribution in [0.1, 0.15) is 17.0 Å². The lowest BCUT2D eigenvalue weighted by molar-refractivity contribution is 0.388. The molecule has 0 saturated carbocycles. The van der Waals surface area contributed by atoms with Gasteiger partial charge in [0.15, 0.2) is 15.6 Å². The molecule has 0 N–H and O–H groups in total. The maximum Gasteiger partial charge on any atom is 0.161 e. The van der Waals surface area contributed by atoms with Crippen molar-refractivity contribution < 1.29 is 17.7 Å². The number of sulfone groups is 1. The van der Waals surface area contributed by atoms with Crippen LogP contribution in [0.5, 0.6) is 5.75 Å². The van der Waals surface area contributed by atoms with Crippen LogP contribution < -0.4 is 4.74 Å². The molecular weight excluding hydrogens is 302 g/mol. The average Bonchev–Trinajstić information content (AvgIpc) is 2.73. The zero-order chi connectivity index (χ0) is 14.8. The molecule has 1 aromatic carbocycles. The van der Waals surface area contributed by atoms with Crippen LogP contribution in [-0.2, 0) is 21.3 Å². The van der Waals surface area contributed by atoms with Gasteiger partial charge in [0.25, 0.3) is 0 Å². The van der Waals surface area contributed by atoms with E-state index in [0.29, 0.717) is 27.8 Å². The molecule has 5 nitrogen and oxygen atoms in total. The number of rotatable bonds is 5. The van der Waals surface area contributed by atoms with Gasteiger partial charge in [-0.15, -0.1) is 0 Å². The van der Waals surface area contributed by atoms with Crippen LogP contribution in [0.25, 0.3) is 0 Å². The number of nitrogens with zero attached hydrogens (tertiary/aromatic N) is 1. The van der Waals surface area contributed by atoms with Gasteiger partial charge in [-0.25, -0.2) is 8.42 Å². The van der Waals surface area contributed by atoms with Crippen molar-refractivity contribution in [3.63, 3.8) is 0 Å². The SMILES string of the molecule is COc1ccc(Cl)cc1CS(=O)(=O)Cc1cc(C)no1. The zero-order valence-electron chi connectivity index (χ0n) is 11.1. The molecule has 0 spiro atoms. The zero-order valence-corrected chi connectivity index (χ0v) is 12.7. The van der Waals surface area contributed by atoms with Crippen molar-refractivity contribution in [2.75, 3.05) is 7.11 Å². The second kappa shape index (κ2) is 5.85. The van der Waals surface area contributed by atoms with E-state index in [1.807, 2.05) is 0 Å². The fraction of sp³-hybridized carbons (Fsp3) is 0.308. The minimum atomic E-state index is -3.40. The molecule has 20 heavy (non-hydrogen) atoms. The molecule has 0 aliphatic carbocycles. The van der Waals surface area contributed by atoms with E-state index < -0.39 is 9.84 Å². The molecule has 1 heterocycles. The number of ether oxygens (including phenoxy) is 1. The number of benzene rings is 1. The molecule has 2 rings (SSSR count). The molecule has 7 heteroatoms. The summed E-state index contributed by atoms with van der Waals surface area (Å²) in [5.41, 5.74) is 1.17. The first-order valence-corrected chi connectivity index (χ1v) is 8.04. The van der Waals surface area contributed by atoms with Crippen molar-refractivity contribution in [2.24, 2.45) is 0 Å². The molecule has 108 valence electrons. The smallest absolute Gasteiger partial charge is 0.161 e. The molecule has 0 saturated heterocycles. The molecule has 0 radical (unpaired) electrons. The Balaban J connectivity index is 2.22. The van der Waals surface area contributed by atoms with E-state index in [-0.39, 0.29) is 11.5 Å². The van der Waals surface area contributed by atoms with Gasteiger partial charge < -0.3 is 9.26 Å². The average molecular weight is 316 g/mol. The molecule has 0 amide bonds. The van der Waals surface area contributed by atoms with E-state index >= 15 is 0 Å². The molecule has 1 aromatic heterocycles. The van der Waals surface area contributed by atoms with Crippen LogP contribution in [0.4, 0.5) is 0 Å². The molecule has 0 atom stereocenters. The maximum atomic E-state index is 12.2. The largest absolute Gasteiger partial charge is 0.496 e. The molecule has 0 aliphatic heterocycles. The van der Waals surface area contributed by atoms with Crippen molar-refractivity contribution >= 4 is 21.4 Å².